The molecule has 116 valence electrons. The molecule has 4 N–H and O–H groups in total. The second-order valence-corrected chi connectivity index (χ2v) is 5.70. The van der Waals surface area contributed by atoms with E-state index in [0.717, 1.165) is 0 Å². The minimum Gasteiger partial charge on any atom is -0.352 e. The number of nitrogens with two attached hydrogens (primary N) is 1. The zero-order valence-electron chi connectivity index (χ0n) is 11.5. The molecule has 0 aliphatic carbocycles. The van der Waals surface area contributed by atoms with E-state index in [4.69, 9.17) is 17.3 Å². The summed E-state index contributed by atoms with van der Waals surface area (Å²) in [6, 6.07) is 2.76. The van der Waals surface area contributed by atoms with E-state index in [-0.39, 0.29) is 17.5 Å². The van der Waals surface area contributed by atoms with Crippen molar-refractivity contribution in [2.75, 3.05) is 12.0 Å². The van der Waals surface area contributed by atoms with Gasteiger partial charge in [0.05, 0.1) is 5.02 Å². The van der Waals surface area contributed by atoms with Gasteiger partial charge in [-0.2, -0.15) is 11.8 Å². The number of hydrogen-bond donors (Lipinski definition) is 3. The van der Waals surface area contributed by atoms with Crippen molar-refractivity contribution in [3.8, 4) is 0 Å². The molecule has 8 heteroatoms. The largest absolute Gasteiger partial charge is 0.352 e. The molecule has 1 rings (SSSR count). The normalized spacial score (nSPS) is 11.8. The van der Waals surface area contributed by atoms with Crippen molar-refractivity contribution in [1.82, 2.24) is 10.6 Å². The molecule has 0 aromatic heterocycles. The van der Waals surface area contributed by atoms with Gasteiger partial charge in [-0.3, -0.25) is 4.79 Å². The smallest absolute Gasteiger partial charge is 0.312 e. The standard InChI is InChI=1S/C13H17ClFN3O2S/c1-21-5-4-11(18-13(16)20)12(19)17-7-8-2-3-10(15)9(14)6-8/h2-3,6,11H,4-5,7H2,1H3,(H,17,19)(H3,16,18,20). The van der Waals surface area contributed by atoms with Crippen LogP contribution in [0.5, 0.6) is 0 Å². The highest BCUT2D eigenvalue weighted by molar-refractivity contribution is 7.98. The Labute approximate surface area is 131 Å². The summed E-state index contributed by atoms with van der Waals surface area (Å²) in [6.45, 7) is 0.190. The number of carbonyl (C=O) groups is 2. The summed E-state index contributed by atoms with van der Waals surface area (Å²) in [5, 5.41) is 5.06. The van der Waals surface area contributed by atoms with Crippen LogP contribution in [-0.4, -0.2) is 30.0 Å². The fraction of sp³-hybridized carbons (Fsp3) is 0.385. The Kier molecular flexibility index (Phi) is 7.31. The van der Waals surface area contributed by atoms with Crippen molar-refractivity contribution in [3.05, 3.63) is 34.6 Å². The van der Waals surface area contributed by atoms with Crippen LogP contribution in [0.4, 0.5) is 9.18 Å². The Hall–Kier alpha value is -1.47. The van der Waals surface area contributed by atoms with Crippen LogP contribution in [0.25, 0.3) is 0 Å². The lowest BCUT2D eigenvalue weighted by atomic mass is 10.2. The molecular formula is C13H17ClFN3O2S. The molecule has 1 atom stereocenters. The summed E-state index contributed by atoms with van der Waals surface area (Å²) in [7, 11) is 0. The highest BCUT2D eigenvalue weighted by atomic mass is 35.5. The van der Waals surface area contributed by atoms with Gasteiger partial charge in [0.1, 0.15) is 11.9 Å². The van der Waals surface area contributed by atoms with Crippen LogP contribution in [0.15, 0.2) is 18.2 Å². The first-order valence-electron chi connectivity index (χ1n) is 6.20. The number of thioether (sulfide) groups is 1. The van der Waals surface area contributed by atoms with Crippen molar-refractivity contribution in [2.45, 2.75) is 19.0 Å². The van der Waals surface area contributed by atoms with Gasteiger partial charge in [-0.05, 0) is 36.1 Å². The molecule has 0 radical (unpaired) electrons. The number of halogens is 2. The maximum absolute atomic E-state index is 13.0. The molecule has 0 bridgehead atoms. The van der Waals surface area contributed by atoms with Crippen LogP contribution >= 0.6 is 23.4 Å². The third kappa shape index (κ3) is 6.22. The number of urea groups is 1. The topological polar surface area (TPSA) is 84.2 Å². The molecule has 1 aromatic carbocycles. The molecule has 0 spiro atoms. The second kappa shape index (κ2) is 8.74. The molecule has 0 heterocycles. The first kappa shape index (κ1) is 17.6. The van der Waals surface area contributed by atoms with Gasteiger partial charge in [0.25, 0.3) is 0 Å². The monoisotopic (exact) mass is 333 g/mol. The van der Waals surface area contributed by atoms with Crippen LogP contribution in [0.1, 0.15) is 12.0 Å². The van der Waals surface area contributed by atoms with Crippen LogP contribution < -0.4 is 16.4 Å². The third-order valence-electron chi connectivity index (χ3n) is 2.69. The van der Waals surface area contributed by atoms with Gasteiger partial charge in [-0.15, -0.1) is 0 Å². The van der Waals surface area contributed by atoms with Crippen LogP contribution in [-0.2, 0) is 11.3 Å². The lowest BCUT2D eigenvalue weighted by Crippen LogP contribution is -2.48. The molecule has 1 unspecified atom stereocenters. The molecule has 0 saturated heterocycles. The summed E-state index contributed by atoms with van der Waals surface area (Å²) < 4.78 is 13.0. The summed E-state index contributed by atoms with van der Waals surface area (Å²) in [5.74, 6) is -0.149. The number of benzene rings is 1. The number of carbonyl (C=O) groups excluding carboxylic acids is 2. The molecule has 0 aliphatic heterocycles. The predicted octanol–water partition coefficient (Wildman–Crippen LogP) is 1.89. The third-order valence-corrected chi connectivity index (χ3v) is 3.63. The Morgan fingerprint density at radius 3 is 2.76 bits per heavy atom. The Morgan fingerprint density at radius 2 is 2.19 bits per heavy atom. The van der Waals surface area contributed by atoms with E-state index >= 15 is 0 Å². The maximum atomic E-state index is 13.0. The van der Waals surface area contributed by atoms with E-state index < -0.39 is 17.9 Å². The van der Waals surface area contributed by atoms with Crippen LogP contribution in [0, 0.1) is 5.82 Å². The van der Waals surface area contributed by atoms with Gasteiger partial charge < -0.3 is 16.4 Å². The first-order chi connectivity index (χ1) is 9.93. The summed E-state index contributed by atoms with van der Waals surface area (Å²) in [4.78, 5) is 22.9. The minimum absolute atomic E-state index is 0.00376. The number of amides is 3. The number of primary amides is 1. The van der Waals surface area contributed by atoms with Gasteiger partial charge in [-0.1, -0.05) is 17.7 Å². The SMILES string of the molecule is CSCCC(NC(N)=O)C(=O)NCc1ccc(F)c(Cl)c1. The van der Waals surface area contributed by atoms with E-state index in [1.165, 1.54) is 18.2 Å². The van der Waals surface area contributed by atoms with Gasteiger partial charge >= 0.3 is 6.03 Å². The van der Waals surface area contributed by atoms with Crippen LogP contribution in [0.2, 0.25) is 5.02 Å². The predicted molar refractivity (Wildman–Crippen MR) is 82.8 cm³/mol. The van der Waals surface area contributed by atoms with E-state index in [1.807, 2.05) is 6.26 Å². The van der Waals surface area contributed by atoms with Crippen molar-refractivity contribution >= 4 is 35.3 Å². The highest BCUT2D eigenvalue weighted by Crippen LogP contribution is 2.15. The quantitative estimate of drug-likeness (QED) is 0.712. The molecule has 0 fully saturated rings. The summed E-state index contributed by atoms with van der Waals surface area (Å²) >= 11 is 7.23. The van der Waals surface area contributed by atoms with Crippen molar-refractivity contribution < 1.29 is 14.0 Å². The number of rotatable bonds is 7. The maximum Gasteiger partial charge on any atom is 0.312 e. The average Bonchev–Trinajstić information content (AvgIpc) is 2.44. The van der Waals surface area contributed by atoms with E-state index in [0.29, 0.717) is 17.7 Å². The Bertz CT molecular complexity index is 516. The fourth-order valence-corrected chi connectivity index (χ4v) is 2.31. The Balaban J connectivity index is 2.59. The molecular weight excluding hydrogens is 317 g/mol. The number of hydrogen-bond acceptors (Lipinski definition) is 3. The van der Waals surface area contributed by atoms with Crippen LogP contribution in [0.3, 0.4) is 0 Å². The highest BCUT2D eigenvalue weighted by Gasteiger charge is 2.19. The molecule has 0 saturated carbocycles. The van der Waals surface area contributed by atoms with Gasteiger partial charge in [0.15, 0.2) is 0 Å². The number of nitrogens with one attached hydrogen (secondary N) is 2. The van der Waals surface area contributed by atoms with Gasteiger partial charge in [0, 0.05) is 6.54 Å². The molecule has 5 nitrogen and oxygen atoms in total. The summed E-state index contributed by atoms with van der Waals surface area (Å²) in [5.41, 5.74) is 5.71. The zero-order chi connectivity index (χ0) is 15.8. The van der Waals surface area contributed by atoms with Crippen molar-refractivity contribution in [2.24, 2.45) is 5.73 Å². The lowest BCUT2D eigenvalue weighted by molar-refractivity contribution is -0.123. The first-order valence-corrected chi connectivity index (χ1v) is 7.97. The summed E-state index contributed by atoms with van der Waals surface area (Å²) in [6.07, 6.45) is 2.37. The van der Waals surface area contributed by atoms with Crippen molar-refractivity contribution in [1.29, 1.82) is 0 Å². The Morgan fingerprint density at radius 1 is 1.48 bits per heavy atom. The molecule has 0 aliphatic rings. The van der Waals surface area contributed by atoms with Gasteiger partial charge in [-0.25, -0.2) is 9.18 Å². The van der Waals surface area contributed by atoms with Crippen molar-refractivity contribution in [3.63, 3.8) is 0 Å². The molecule has 3 amide bonds. The molecule has 21 heavy (non-hydrogen) atoms. The van der Waals surface area contributed by atoms with E-state index in [9.17, 15) is 14.0 Å². The van der Waals surface area contributed by atoms with E-state index in [2.05, 4.69) is 10.6 Å². The molecule has 1 aromatic rings. The lowest BCUT2D eigenvalue weighted by Gasteiger charge is -2.17. The minimum atomic E-state index is -0.749. The van der Waals surface area contributed by atoms with E-state index in [1.54, 1.807) is 11.8 Å². The zero-order valence-corrected chi connectivity index (χ0v) is 13.1. The fourth-order valence-electron chi connectivity index (χ4n) is 1.64. The van der Waals surface area contributed by atoms with Gasteiger partial charge in [0.2, 0.25) is 5.91 Å². The second-order valence-electron chi connectivity index (χ2n) is 4.31. The average molecular weight is 334 g/mol.